The summed E-state index contributed by atoms with van der Waals surface area (Å²) in [5.74, 6) is 0.778. The molecular weight excluding hydrogens is 312 g/mol. The van der Waals surface area contributed by atoms with Crippen LogP contribution >= 0.6 is 0 Å². The summed E-state index contributed by atoms with van der Waals surface area (Å²) in [6.07, 6.45) is 6.38. The van der Waals surface area contributed by atoms with Crippen molar-refractivity contribution in [1.29, 1.82) is 0 Å². The number of hydrogen-bond acceptors (Lipinski definition) is 3. The first kappa shape index (κ1) is 16.7. The Hall–Kier alpha value is -3.15. The number of nitrogens with zero attached hydrogens (tertiary/aromatic N) is 4. The Kier molecular flexibility index (Phi) is 5.77. The van der Waals surface area contributed by atoms with Crippen molar-refractivity contribution in [3.63, 3.8) is 0 Å². The molecule has 0 atom stereocenters. The van der Waals surface area contributed by atoms with Crippen molar-refractivity contribution in [3.05, 3.63) is 78.4 Å². The molecular formula is C19H22N6. The van der Waals surface area contributed by atoms with Crippen LogP contribution in [0.4, 0.5) is 0 Å². The largest absolute Gasteiger partial charge is 0.356 e. The van der Waals surface area contributed by atoms with Gasteiger partial charge in [0.2, 0.25) is 0 Å². The fraction of sp³-hybridized carbons (Fsp3) is 0.211. The lowest BCUT2D eigenvalue weighted by molar-refractivity contribution is 0.783. The van der Waals surface area contributed by atoms with E-state index in [9.17, 15) is 0 Å². The first-order valence-corrected chi connectivity index (χ1v) is 8.28. The molecule has 3 rings (SSSR count). The van der Waals surface area contributed by atoms with Crippen molar-refractivity contribution in [1.82, 2.24) is 25.4 Å². The quantitative estimate of drug-likeness (QED) is 0.536. The van der Waals surface area contributed by atoms with Crippen LogP contribution in [0.1, 0.15) is 11.3 Å². The third-order valence-corrected chi connectivity index (χ3v) is 3.76. The predicted molar refractivity (Wildman–Crippen MR) is 99.7 cm³/mol. The zero-order valence-corrected chi connectivity index (χ0v) is 14.3. The predicted octanol–water partition coefficient (Wildman–Crippen LogP) is 2.17. The molecule has 128 valence electrons. The zero-order valence-electron chi connectivity index (χ0n) is 14.3. The molecule has 0 amide bonds. The highest BCUT2D eigenvalue weighted by atomic mass is 15.3. The van der Waals surface area contributed by atoms with Gasteiger partial charge < -0.3 is 10.6 Å². The topological polar surface area (TPSA) is 67.1 Å². The Bertz CT molecular complexity index is 796. The van der Waals surface area contributed by atoms with Crippen LogP contribution in [0.3, 0.4) is 0 Å². The second-order valence-electron chi connectivity index (χ2n) is 5.54. The van der Waals surface area contributed by atoms with E-state index in [1.54, 1.807) is 13.2 Å². The Morgan fingerprint density at radius 1 is 1.08 bits per heavy atom. The minimum atomic E-state index is 0.693. The summed E-state index contributed by atoms with van der Waals surface area (Å²) in [6, 6.07) is 16.1. The highest BCUT2D eigenvalue weighted by molar-refractivity contribution is 5.79. The monoisotopic (exact) mass is 334 g/mol. The van der Waals surface area contributed by atoms with Crippen LogP contribution in [-0.2, 0) is 13.0 Å². The second-order valence-corrected chi connectivity index (χ2v) is 5.54. The van der Waals surface area contributed by atoms with E-state index in [0.717, 1.165) is 30.3 Å². The maximum atomic E-state index is 4.32. The van der Waals surface area contributed by atoms with E-state index < -0.39 is 0 Å². The average molecular weight is 334 g/mol. The fourth-order valence-electron chi connectivity index (χ4n) is 2.49. The number of guanidine groups is 1. The smallest absolute Gasteiger partial charge is 0.191 e. The molecule has 0 spiro atoms. The summed E-state index contributed by atoms with van der Waals surface area (Å²) in [5, 5.41) is 10.9. The van der Waals surface area contributed by atoms with Gasteiger partial charge in [0.1, 0.15) is 0 Å². The number of aromatic nitrogens is 3. The molecule has 0 saturated heterocycles. The third-order valence-electron chi connectivity index (χ3n) is 3.76. The molecule has 2 N–H and O–H groups in total. The number of rotatable bonds is 6. The summed E-state index contributed by atoms with van der Waals surface area (Å²) in [6.45, 7) is 1.47. The summed E-state index contributed by atoms with van der Waals surface area (Å²) < 4.78 is 1.85. The van der Waals surface area contributed by atoms with Crippen LogP contribution in [0.2, 0.25) is 0 Å². The molecule has 2 heterocycles. The number of hydrogen-bond donors (Lipinski definition) is 2. The van der Waals surface area contributed by atoms with Crippen LogP contribution in [0.15, 0.2) is 72.1 Å². The Balaban J connectivity index is 1.50. The van der Waals surface area contributed by atoms with Gasteiger partial charge in [0.05, 0.1) is 5.69 Å². The number of nitrogens with one attached hydrogen (secondary N) is 2. The highest BCUT2D eigenvalue weighted by Gasteiger charge is 2.01. The summed E-state index contributed by atoms with van der Waals surface area (Å²) in [4.78, 5) is 8.58. The molecule has 6 nitrogen and oxygen atoms in total. The van der Waals surface area contributed by atoms with E-state index in [1.165, 1.54) is 5.56 Å². The first-order valence-electron chi connectivity index (χ1n) is 8.28. The molecule has 0 unspecified atom stereocenters. The van der Waals surface area contributed by atoms with Crippen molar-refractivity contribution < 1.29 is 0 Å². The molecule has 6 heteroatoms. The van der Waals surface area contributed by atoms with E-state index >= 15 is 0 Å². The second kappa shape index (κ2) is 8.63. The Morgan fingerprint density at radius 3 is 2.80 bits per heavy atom. The van der Waals surface area contributed by atoms with E-state index in [2.05, 4.69) is 37.8 Å². The van der Waals surface area contributed by atoms with Gasteiger partial charge in [-0.2, -0.15) is 5.10 Å². The van der Waals surface area contributed by atoms with Crippen LogP contribution in [0.25, 0.3) is 5.69 Å². The lowest BCUT2D eigenvalue weighted by Gasteiger charge is -2.12. The molecule has 0 bridgehead atoms. The minimum Gasteiger partial charge on any atom is -0.356 e. The van der Waals surface area contributed by atoms with E-state index in [-0.39, 0.29) is 0 Å². The summed E-state index contributed by atoms with van der Waals surface area (Å²) in [7, 11) is 1.77. The van der Waals surface area contributed by atoms with Crippen LogP contribution in [0, 0.1) is 0 Å². The zero-order chi connectivity index (χ0) is 17.3. The van der Waals surface area contributed by atoms with Crippen LogP contribution in [0.5, 0.6) is 0 Å². The van der Waals surface area contributed by atoms with Gasteiger partial charge in [-0.05, 0) is 35.9 Å². The number of aliphatic imine (C=N–C) groups is 1. The van der Waals surface area contributed by atoms with Gasteiger partial charge in [0.25, 0.3) is 0 Å². The maximum Gasteiger partial charge on any atom is 0.191 e. The molecule has 0 fully saturated rings. The molecule has 25 heavy (non-hydrogen) atoms. The summed E-state index contributed by atoms with van der Waals surface area (Å²) >= 11 is 0. The van der Waals surface area contributed by atoms with Crippen molar-refractivity contribution >= 4 is 5.96 Å². The van der Waals surface area contributed by atoms with Gasteiger partial charge in [0.15, 0.2) is 5.96 Å². The molecule has 0 saturated carbocycles. The van der Waals surface area contributed by atoms with Crippen molar-refractivity contribution in [2.24, 2.45) is 4.99 Å². The highest BCUT2D eigenvalue weighted by Crippen LogP contribution is 2.09. The lowest BCUT2D eigenvalue weighted by atomic mass is 10.2. The maximum absolute atomic E-state index is 4.32. The van der Waals surface area contributed by atoms with Gasteiger partial charge in [0, 0.05) is 50.8 Å². The minimum absolute atomic E-state index is 0.693. The van der Waals surface area contributed by atoms with Crippen LogP contribution < -0.4 is 10.6 Å². The van der Waals surface area contributed by atoms with E-state index in [0.29, 0.717) is 6.54 Å². The van der Waals surface area contributed by atoms with Gasteiger partial charge in [-0.25, -0.2) is 4.68 Å². The van der Waals surface area contributed by atoms with Crippen molar-refractivity contribution in [2.45, 2.75) is 13.0 Å². The van der Waals surface area contributed by atoms with Gasteiger partial charge in [-0.3, -0.25) is 9.98 Å². The third kappa shape index (κ3) is 4.91. The molecule has 0 aliphatic carbocycles. The van der Waals surface area contributed by atoms with Gasteiger partial charge in [-0.15, -0.1) is 0 Å². The lowest BCUT2D eigenvalue weighted by Crippen LogP contribution is -2.37. The molecule has 0 aliphatic rings. The van der Waals surface area contributed by atoms with E-state index in [4.69, 9.17) is 0 Å². The van der Waals surface area contributed by atoms with Gasteiger partial charge in [-0.1, -0.05) is 18.2 Å². The first-order chi connectivity index (χ1) is 12.3. The van der Waals surface area contributed by atoms with Gasteiger partial charge >= 0.3 is 0 Å². The molecule has 3 aromatic rings. The molecule has 0 aliphatic heterocycles. The Morgan fingerprint density at radius 2 is 2.04 bits per heavy atom. The normalized spacial score (nSPS) is 11.3. The molecule has 0 radical (unpaired) electrons. The van der Waals surface area contributed by atoms with Crippen LogP contribution in [-0.4, -0.2) is 34.3 Å². The number of benzene rings is 1. The Labute approximate surface area is 147 Å². The molecule has 1 aromatic carbocycles. The van der Waals surface area contributed by atoms with Crippen molar-refractivity contribution in [3.8, 4) is 5.69 Å². The summed E-state index contributed by atoms with van der Waals surface area (Å²) in [5.41, 5.74) is 3.28. The SMILES string of the molecule is CN=C(NCCc1ccccn1)NCc1cccc(-n2cccn2)c1. The number of pyridine rings is 1. The standard InChI is InChI=1S/C19H22N6/c1-20-19(22-12-9-17-7-2-3-10-21-17)23-15-16-6-4-8-18(14-16)25-13-5-11-24-25/h2-8,10-11,13-14H,9,12,15H2,1H3,(H2,20,22,23). The fourth-order valence-corrected chi connectivity index (χ4v) is 2.49. The molecule has 2 aromatic heterocycles. The average Bonchev–Trinajstić information content (AvgIpc) is 3.20. The van der Waals surface area contributed by atoms with Crippen molar-refractivity contribution in [2.75, 3.05) is 13.6 Å². The van der Waals surface area contributed by atoms with E-state index in [1.807, 2.05) is 53.5 Å².